The van der Waals surface area contributed by atoms with Crippen molar-refractivity contribution >= 4 is 5.78 Å². The molecular weight excluding hydrogens is 162 g/mol. The first-order chi connectivity index (χ1) is 6.27. The number of ketones is 1. The van der Waals surface area contributed by atoms with Crippen molar-refractivity contribution in [2.45, 2.75) is 45.4 Å². The largest absolute Gasteiger partial charge is 0.324 e. The highest BCUT2D eigenvalue weighted by Gasteiger charge is 2.24. The van der Waals surface area contributed by atoms with E-state index in [1.807, 2.05) is 0 Å². The molecule has 13 heavy (non-hydrogen) atoms. The minimum Gasteiger partial charge on any atom is -0.324 e. The van der Waals surface area contributed by atoms with Crippen LogP contribution in [-0.4, -0.2) is 12.3 Å². The van der Waals surface area contributed by atoms with E-state index in [9.17, 15) is 4.79 Å². The molecule has 76 valence electrons. The smallest absolute Gasteiger partial charge is 0.149 e. The molecule has 0 aromatic heterocycles. The summed E-state index contributed by atoms with van der Waals surface area (Å²) in [6.45, 7) is 2.47. The second-order valence-corrected chi connectivity index (χ2v) is 4.18. The topological polar surface area (TPSA) is 43.1 Å². The van der Waals surface area contributed by atoms with E-state index in [1.165, 1.54) is 25.7 Å². The zero-order valence-corrected chi connectivity index (χ0v) is 8.59. The predicted octanol–water partition coefficient (Wildman–Crippen LogP) is 2.12. The van der Waals surface area contributed by atoms with Crippen molar-refractivity contribution in [2.24, 2.45) is 17.6 Å². The highest BCUT2D eigenvalue weighted by molar-refractivity contribution is 5.82. The normalized spacial score (nSPS) is 28.8. The van der Waals surface area contributed by atoms with Crippen molar-refractivity contribution in [1.29, 1.82) is 0 Å². The third-order valence-electron chi connectivity index (χ3n) is 3.20. The Bertz CT molecular complexity index is 159. The van der Waals surface area contributed by atoms with Crippen molar-refractivity contribution in [2.75, 3.05) is 6.54 Å². The molecule has 1 aliphatic rings. The van der Waals surface area contributed by atoms with E-state index >= 15 is 0 Å². The van der Waals surface area contributed by atoms with Gasteiger partial charge < -0.3 is 5.73 Å². The van der Waals surface area contributed by atoms with Crippen LogP contribution in [-0.2, 0) is 4.79 Å². The first-order valence-corrected chi connectivity index (χ1v) is 5.50. The van der Waals surface area contributed by atoms with Gasteiger partial charge in [0, 0.05) is 5.92 Å². The van der Waals surface area contributed by atoms with Gasteiger partial charge in [-0.1, -0.05) is 19.8 Å². The fourth-order valence-corrected chi connectivity index (χ4v) is 2.35. The Hall–Kier alpha value is -0.370. The molecule has 0 aromatic rings. The Kier molecular flexibility index (Phi) is 4.43. The number of rotatable bonds is 4. The molecule has 1 saturated carbocycles. The number of nitrogens with two attached hydrogens (primary N) is 1. The van der Waals surface area contributed by atoms with Crippen LogP contribution in [0.5, 0.6) is 0 Å². The van der Waals surface area contributed by atoms with E-state index in [0.717, 1.165) is 18.8 Å². The van der Waals surface area contributed by atoms with Crippen LogP contribution in [0.4, 0.5) is 0 Å². The summed E-state index contributed by atoms with van der Waals surface area (Å²) in [7, 11) is 0. The van der Waals surface area contributed by atoms with E-state index in [4.69, 9.17) is 5.73 Å². The Morgan fingerprint density at radius 2 is 1.92 bits per heavy atom. The summed E-state index contributed by atoms with van der Waals surface area (Å²) in [4.78, 5) is 11.3. The number of hydrogen-bond donors (Lipinski definition) is 1. The number of hydrogen-bond acceptors (Lipinski definition) is 2. The molecule has 1 fully saturated rings. The fraction of sp³-hybridized carbons (Fsp3) is 0.909. The summed E-state index contributed by atoms with van der Waals surface area (Å²) in [5.41, 5.74) is 5.35. The Labute approximate surface area is 80.9 Å². The second kappa shape index (κ2) is 5.38. The van der Waals surface area contributed by atoms with Crippen LogP contribution < -0.4 is 5.73 Å². The summed E-state index contributed by atoms with van der Waals surface area (Å²) in [6.07, 6.45) is 7.26. The summed E-state index contributed by atoms with van der Waals surface area (Å²) < 4.78 is 0. The van der Waals surface area contributed by atoms with Gasteiger partial charge >= 0.3 is 0 Å². The maximum atomic E-state index is 11.3. The van der Waals surface area contributed by atoms with E-state index in [2.05, 4.69) is 6.92 Å². The lowest BCUT2D eigenvalue weighted by molar-refractivity contribution is -0.122. The lowest BCUT2D eigenvalue weighted by Gasteiger charge is -2.27. The van der Waals surface area contributed by atoms with Gasteiger partial charge in [-0.05, 0) is 31.6 Å². The van der Waals surface area contributed by atoms with Crippen molar-refractivity contribution in [3.63, 3.8) is 0 Å². The quantitative estimate of drug-likeness (QED) is 0.725. The maximum Gasteiger partial charge on any atom is 0.149 e. The zero-order valence-electron chi connectivity index (χ0n) is 8.59. The van der Waals surface area contributed by atoms with Crippen molar-refractivity contribution in [3.8, 4) is 0 Å². The minimum absolute atomic E-state index is 0.239. The average Bonchev–Trinajstić information content (AvgIpc) is 2.18. The number of carbonyl (C=O) groups excluding carboxylic acids is 1. The summed E-state index contributed by atoms with van der Waals surface area (Å²) in [6, 6.07) is 0. The van der Waals surface area contributed by atoms with Crippen LogP contribution in [0.2, 0.25) is 0 Å². The molecule has 0 aromatic carbocycles. The van der Waals surface area contributed by atoms with Gasteiger partial charge in [-0.15, -0.1) is 0 Å². The molecule has 0 radical (unpaired) electrons. The van der Waals surface area contributed by atoms with E-state index in [0.29, 0.717) is 0 Å². The fourth-order valence-electron chi connectivity index (χ4n) is 2.35. The van der Waals surface area contributed by atoms with Crippen LogP contribution in [0.1, 0.15) is 45.4 Å². The van der Waals surface area contributed by atoms with Gasteiger partial charge in [0.05, 0.1) is 6.54 Å². The molecular formula is C11H21NO. The molecule has 0 unspecified atom stereocenters. The number of carbonyl (C=O) groups is 1. The Morgan fingerprint density at radius 3 is 2.38 bits per heavy atom. The first kappa shape index (κ1) is 10.7. The van der Waals surface area contributed by atoms with Crippen molar-refractivity contribution < 1.29 is 4.79 Å². The molecule has 0 saturated heterocycles. The summed E-state index contributed by atoms with van der Waals surface area (Å²) in [5.74, 6) is 1.44. The summed E-state index contributed by atoms with van der Waals surface area (Å²) >= 11 is 0. The molecule has 0 spiro atoms. The van der Waals surface area contributed by atoms with Gasteiger partial charge in [-0.25, -0.2) is 0 Å². The highest BCUT2D eigenvalue weighted by Crippen LogP contribution is 2.31. The third-order valence-corrected chi connectivity index (χ3v) is 3.20. The molecule has 0 bridgehead atoms. The standard InChI is InChI=1S/C11H21NO/c1-2-3-9-4-6-10(7-5-9)11(13)8-12/h9-10H,2-8,12H2,1H3. The van der Waals surface area contributed by atoms with E-state index < -0.39 is 0 Å². The van der Waals surface area contributed by atoms with Crippen molar-refractivity contribution in [3.05, 3.63) is 0 Å². The van der Waals surface area contributed by atoms with Crippen LogP contribution in [0, 0.1) is 11.8 Å². The monoisotopic (exact) mass is 183 g/mol. The molecule has 1 aliphatic carbocycles. The molecule has 0 atom stereocenters. The Morgan fingerprint density at radius 1 is 1.31 bits per heavy atom. The molecule has 2 heteroatoms. The maximum absolute atomic E-state index is 11.3. The van der Waals surface area contributed by atoms with Gasteiger partial charge in [-0.3, -0.25) is 4.79 Å². The van der Waals surface area contributed by atoms with Gasteiger partial charge in [0.15, 0.2) is 0 Å². The van der Waals surface area contributed by atoms with Gasteiger partial charge in [0.2, 0.25) is 0 Å². The molecule has 0 heterocycles. The van der Waals surface area contributed by atoms with Gasteiger partial charge in [0.25, 0.3) is 0 Å². The van der Waals surface area contributed by atoms with Crippen LogP contribution >= 0.6 is 0 Å². The van der Waals surface area contributed by atoms with E-state index in [1.54, 1.807) is 0 Å². The predicted molar refractivity (Wildman–Crippen MR) is 54.4 cm³/mol. The number of Topliss-reactive ketones (excluding diaryl/α,β-unsaturated/α-hetero) is 1. The third kappa shape index (κ3) is 3.11. The lowest BCUT2D eigenvalue weighted by Crippen LogP contribution is -2.27. The summed E-state index contributed by atoms with van der Waals surface area (Å²) in [5, 5.41) is 0. The molecule has 1 rings (SSSR count). The van der Waals surface area contributed by atoms with E-state index in [-0.39, 0.29) is 18.2 Å². The van der Waals surface area contributed by atoms with Crippen LogP contribution in [0.15, 0.2) is 0 Å². The average molecular weight is 183 g/mol. The molecule has 2 N–H and O–H groups in total. The Balaban J connectivity index is 2.26. The molecule has 0 amide bonds. The minimum atomic E-state index is 0.239. The van der Waals surface area contributed by atoms with Crippen molar-refractivity contribution in [1.82, 2.24) is 0 Å². The van der Waals surface area contributed by atoms with Gasteiger partial charge in [-0.2, -0.15) is 0 Å². The lowest BCUT2D eigenvalue weighted by atomic mass is 9.78. The SMILES string of the molecule is CCCC1CCC(C(=O)CN)CC1. The van der Waals surface area contributed by atoms with Gasteiger partial charge in [0.1, 0.15) is 5.78 Å². The second-order valence-electron chi connectivity index (χ2n) is 4.18. The first-order valence-electron chi connectivity index (χ1n) is 5.50. The van der Waals surface area contributed by atoms with Crippen LogP contribution in [0.3, 0.4) is 0 Å². The highest BCUT2D eigenvalue weighted by atomic mass is 16.1. The zero-order chi connectivity index (χ0) is 9.68. The molecule has 0 aliphatic heterocycles. The molecule has 2 nitrogen and oxygen atoms in total. The van der Waals surface area contributed by atoms with Crippen LogP contribution in [0.25, 0.3) is 0 Å².